The number of anilines is 2. The molecule has 0 bridgehead atoms. The Morgan fingerprint density at radius 3 is 2.55 bits per heavy atom. The molecule has 0 unspecified atom stereocenters. The third-order valence-corrected chi connectivity index (χ3v) is 6.62. The predicted octanol–water partition coefficient (Wildman–Crippen LogP) is 1.45. The van der Waals surface area contributed by atoms with Gasteiger partial charge in [0.05, 0.1) is 28.8 Å². The summed E-state index contributed by atoms with van der Waals surface area (Å²) in [6.07, 6.45) is 6.90. The van der Waals surface area contributed by atoms with Crippen LogP contribution in [0, 0.1) is 13.8 Å². The van der Waals surface area contributed by atoms with Crippen LogP contribution >= 0.6 is 11.3 Å². The number of hydrogen-bond donors (Lipinski definition) is 1. The fourth-order valence-electron chi connectivity index (χ4n) is 3.97. The normalized spacial score (nSPS) is 14.1. The van der Waals surface area contributed by atoms with Gasteiger partial charge in [0, 0.05) is 45.1 Å². The Morgan fingerprint density at radius 2 is 1.82 bits per heavy atom. The van der Waals surface area contributed by atoms with Gasteiger partial charge in [-0.3, -0.25) is 4.79 Å². The summed E-state index contributed by atoms with van der Waals surface area (Å²) < 4.78 is 1.81. The summed E-state index contributed by atoms with van der Waals surface area (Å²) in [4.78, 5) is 39.5. The number of carbonyl (C=O) groups is 1. The van der Waals surface area contributed by atoms with Gasteiger partial charge < -0.3 is 15.1 Å². The number of nitrogens with zero attached hydrogens (tertiary/aromatic N) is 9. The first kappa shape index (κ1) is 21.2. The van der Waals surface area contributed by atoms with Gasteiger partial charge in [-0.2, -0.15) is 5.10 Å². The van der Waals surface area contributed by atoms with Gasteiger partial charge in [-0.15, -0.1) is 11.3 Å². The molecule has 0 atom stereocenters. The van der Waals surface area contributed by atoms with Crippen molar-refractivity contribution in [3.8, 4) is 0 Å². The van der Waals surface area contributed by atoms with Crippen LogP contribution in [-0.4, -0.2) is 73.3 Å². The Bertz CT molecular complexity index is 1260. The van der Waals surface area contributed by atoms with E-state index in [1.807, 2.05) is 19.9 Å². The molecule has 12 heteroatoms. The Labute approximate surface area is 194 Å². The second-order valence-electron chi connectivity index (χ2n) is 7.73. The fraction of sp³-hybridized carbons (Fsp3) is 0.381. The Balaban J connectivity index is 1.24. The summed E-state index contributed by atoms with van der Waals surface area (Å²) in [5, 5.41) is 9.25. The van der Waals surface area contributed by atoms with Crippen LogP contribution in [0.25, 0.3) is 11.0 Å². The van der Waals surface area contributed by atoms with Crippen LogP contribution in [0.4, 0.5) is 11.8 Å². The van der Waals surface area contributed by atoms with Crippen LogP contribution < -0.4 is 15.1 Å². The molecular weight excluding hydrogens is 440 g/mol. The lowest BCUT2D eigenvalue weighted by atomic mass is 10.3. The van der Waals surface area contributed by atoms with Crippen LogP contribution in [-0.2, 0) is 6.54 Å². The molecule has 0 radical (unpaired) electrons. The molecule has 1 amide bonds. The number of piperazine rings is 1. The number of nitrogens with one attached hydrogen (secondary N) is 1. The number of fused-ring (bicyclic) bond motifs is 1. The minimum Gasteiger partial charge on any atom is -0.352 e. The largest absolute Gasteiger partial charge is 0.352 e. The molecule has 1 aliphatic rings. The van der Waals surface area contributed by atoms with Crippen molar-refractivity contribution in [1.29, 1.82) is 0 Å². The molecule has 1 fully saturated rings. The third-order valence-electron chi connectivity index (χ3n) is 5.55. The number of aromatic nitrogens is 7. The Hall–Kier alpha value is -3.67. The quantitative estimate of drug-likeness (QED) is 0.452. The minimum atomic E-state index is -0.106. The van der Waals surface area contributed by atoms with Crippen molar-refractivity contribution in [2.24, 2.45) is 0 Å². The molecule has 4 aromatic heterocycles. The summed E-state index contributed by atoms with van der Waals surface area (Å²) in [6, 6.07) is 1.82. The SMILES string of the molecule is Cc1nc(C)c(C(=O)NCCn2ncc3c(N4CCN(c5ncccn5)CC4)ncnc32)s1. The zero-order chi connectivity index (χ0) is 22.8. The molecule has 0 aromatic carbocycles. The van der Waals surface area contributed by atoms with Crippen molar-refractivity contribution in [3.63, 3.8) is 0 Å². The van der Waals surface area contributed by atoms with E-state index in [9.17, 15) is 4.79 Å². The van der Waals surface area contributed by atoms with Gasteiger partial charge in [0.2, 0.25) is 5.95 Å². The lowest BCUT2D eigenvalue weighted by Gasteiger charge is -2.35. The monoisotopic (exact) mass is 464 g/mol. The topological polar surface area (TPSA) is 118 Å². The first-order chi connectivity index (χ1) is 16.1. The highest BCUT2D eigenvalue weighted by molar-refractivity contribution is 7.13. The predicted molar refractivity (Wildman–Crippen MR) is 126 cm³/mol. The number of amides is 1. The molecule has 0 saturated carbocycles. The van der Waals surface area contributed by atoms with Gasteiger partial charge in [-0.05, 0) is 19.9 Å². The number of rotatable bonds is 6. The second kappa shape index (κ2) is 9.06. The minimum absolute atomic E-state index is 0.106. The summed E-state index contributed by atoms with van der Waals surface area (Å²) in [5.74, 6) is 1.52. The van der Waals surface area contributed by atoms with E-state index in [-0.39, 0.29) is 5.91 Å². The third kappa shape index (κ3) is 4.33. The number of hydrogen-bond acceptors (Lipinski definition) is 10. The van der Waals surface area contributed by atoms with E-state index in [1.165, 1.54) is 11.3 Å². The van der Waals surface area contributed by atoms with E-state index < -0.39 is 0 Å². The average Bonchev–Trinajstić information content (AvgIpc) is 3.42. The van der Waals surface area contributed by atoms with Crippen molar-refractivity contribution in [1.82, 2.24) is 40.0 Å². The van der Waals surface area contributed by atoms with E-state index in [2.05, 4.69) is 45.1 Å². The molecular formula is C21H24N10OS. The molecule has 0 spiro atoms. The van der Waals surface area contributed by atoms with Gasteiger partial charge >= 0.3 is 0 Å². The van der Waals surface area contributed by atoms with Gasteiger partial charge in [0.1, 0.15) is 17.0 Å². The lowest BCUT2D eigenvalue weighted by molar-refractivity contribution is 0.0955. The maximum absolute atomic E-state index is 12.4. The van der Waals surface area contributed by atoms with Crippen molar-refractivity contribution in [2.75, 3.05) is 42.5 Å². The first-order valence-electron chi connectivity index (χ1n) is 10.8. The van der Waals surface area contributed by atoms with E-state index >= 15 is 0 Å². The zero-order valence-electron chi connectivity index (χ0n) is 18.5. The molecule has 1 N–H and O–H groups in total. The van der Waals surface area contributed by atoms with E-state index in [0.29, 0.717) is 18.0 Å². The molecule has 11 nitrogen and oxygen atoms in total. The summed E-state index contributed by atoms with van der Waals surface area (Å²) in [7, 11) is 0. The van der Waals surface area contributed by atoms with Crippen molar-refractivity contribution in [3.05, 3.63) is 46.6 Å². The van der Waals surface area contributed by atoms with Crippen LogP contribution in [0.3, 0.4) is 0 Å². The van der Waals surface area contributed by atoms with Crippen molar-refractivity contribution in [2.45, 2.75) is 20.4 Å². The summed E-state index contributed by atoms with van der Waals surface area (Å²) in [6.45, 7) is 7.95. The molecule has 0 aliphatic carbocycles. The first-order valence-corrected chi connectivity index (χ1v) is 11.6. The van der Waals surface area contributed by atoms with Gasteiger partial charge in [0.15, 0.2) is 5.65 Å². The standard InChI is InChI=1S/C21H24N10OS/c1-14-17(33-15(2)28-14)20(32)22-6-7-31-19-16(12-27-31)18(25-13-26-19)29-8-10-30(11-9-29)21-23-4-3-5-24-21/h3-5,12-13H,6-11H2,1-2H3,(H,22,32). The number of thiazole rings is 1. The zero-order valence-corrected chi connectivity index (χ0v) is 19.3. The highest BCUT2D eigenvalue weighted by atomic mass is 32.1. The highest BCUT2D eigenvalue weighted by Gasteiger charge is 2.22. The fourth-order valence-corrected chi connectivity index (χ4v) is 4.80. The van der Waals surface area contributed by atoms with Gasteiger partial charge in [0.25, 0.3) is 5.91 Å². The van der Waals surface area contributed by atoms with Crippen LogP contribution in [0.5, 0.6) is 0 Å². The molecule has 4 aromatic rings. The van der Waals surface area contributed by atoms with Gasteiger partial charge in [-0.1, -0.05) is 0 Å². The summed E-state index contributed by atoms with van der Waals surface area (Å²) >= 11 is 1.41. The average molecular weight is 465 g/mol. The smallest absolute Gasteiger partial charge is 0.263 e. The van der Waals surface area contributed by atoms with Gasteiger partial charge in [-0.25, -0.2) is 29.6 Å². The van der Waals surface area contributed by atoms with E-state index in [1.54, 1.807) is 29.6 Å². The van der Waals surface area contributed by atoms with Crippen molar-refractivity contribution < 1.29 is 4.79 Å². The van der Waals surface area contributed by atoms with Crippen molar-refractivity contribution >= 4 is 40.0 Å². The number of carbonyl (C=O) groups excluding carboxylic acids is 1. The molecule has 170 valence electrons. The van der Waals surface area contributed by atoms with E-state index in [0.717, 1.165) is 59.7 Å². The molecule has 33 heavy (non-hydrogen) atoms. The van der Waals surface area contributed by atoms with Crippen LogP contribution in [0.15, 0.2) is 31.0 Å². The summed E-state index contributed by atoms with van der Waals surface area (Å²) in [5.41, 5.74) is 1.52. The highest BCUT2D eigenvalue weighted by Crippen LogP contribution is 2.24. The maximum atomic E-state index is 12.4. The second-order valence-corrected chi connectivity index (χ2v) is 8.93. The Kier molecular flexibility index (Phi) is 5.82. The molecule has 1 saturated heterocycles. The molecule has 5 rings (SSSR count). The molecule has 5 heterocycles. The Morgan fingerprint density at radius 1 is 1.06 bits per heavy atom. The van der Waals surface area contributed by atoms with Crippen LogP contribution in [0.2, 0.25) is 0 Å². The lowest BCUT2D eigenvalue weighted by Crippen LogP contribution is -2.47. The molecule has 1 aliphatic heterocycles. The van der Waals surface area contributed by atoms with E-state index in [4.69, 9.17) is 0 Å². The maximum Gasteiger partial charge on any atom is 0.263 e. The van der Waals surface area contributed by atoms with Crippen LogP contribution in [0.1, 0.15) is 20.4 Å². The number of aryl methyl sites for hydroxylation is 2.